The third-order valence-electron chi connectivity index (χ3n) is 3.21. The monoisotopic (exact) mass is 265 g/mol. The number of rotatable bonds is 5. The second-order valence-corrected chi connectivity index (χ2v) is 7.50. The standard InChI is InChI=1S/C11H23NO2S2/c1-11(4-8-15)3-6-12-5-2-9-16(13,14)10-7-12/h11,15H,2-10H2,1H3. The maximum Gasteiger partial charge on any atom is 0.151 e. The minimum atomic E-state index is -2.75. The molecule has 3 nitrogen and oxygen atoms in total. The molecular formula is C11H23NO2S2. The van der Waals surface area contributed by atoms with Gasteiger partial charge in [0.1, 0.15) is 0 Å². The van der Waals surface area contributed by atoms with Gasteiger partial charge in [-0.25, -0.2) is 8.42 Å². The van der Waals surface area contributed by atoms with Gasteiger partial charge in [-0.3, -0.25) is 0 Å². The van der Waals surface area contributed by atoms with Gasteiger partial charge in [-0.05, 0) is 44.0 Å². The quantitative estimate of drug-likeness (QED) is 0.765. The van der Waals surface area contributed by atoms with Crippen molar-refractivity contribution in [1.29, 1.82) is 0 Å². The van der Waals surface area contributed by atoms with Crippen LogP contribution in [-0.4, -0.2) is 50.2 Å². The Morgan fingerprint density at radius 2 is 2.00 bits per heavy atom. The van der Waals surface area contributed by atoms with Crippen LogP contribution in [0.25, 0.3) is 0 Å². The predicted octanol–water partition coefficient (Wildman–Crippen LogP) is 1.45. The van der Waals surface area contributed by atoms with Crippen molar-refractivity contribution in [3.63, 3.8) is 0 Å². The van der Waals surface area contributed by atoms with Gasteiger partial charge in [0.2, 0.25) is 0 Å². The molecule has 1 aliphatic heterocycles. The summed E-state index contributed by atoms with van der Waals surface area (Å²) in [5, 5.41) is 0. The van der Waals surface area contributed by atoms with Gasteiger partial charge in [-0.1, -0.05) is 6.92 Å². The highest BCUT2D eigenvalue weighted by atomic mass is 32.2. The van der Waals surface area contributed by atoms with Crippen molar-refractivity contribution in [2.45, 2.75) is 26.2 Å². The zero-order chi connectivity index (χ0) is 12.0. The third kappa shape index (κ3) is 5.55. The van der Waals surface area contributed by atoms with Crippen LogP contribution in [0.4, 0.5) is 0 Å². The minimum absolute atomic E-state index is 0.341. The van der Waals surface area contributed by atoms with E-state index in [-0.39, 0.29) is 0 Å². The third-order valence-corrected chi connectivity index (χ3v) is 5.18. The van der Waals surface area contributed by atoms with E-state index >= 15 is 0 Å². The van der Waals surface area contributed by atoms with E-state index in [2.05, 4.69) is 24.5 Å². The molecule has 96 valence electrons. The van der Waals surface area contributed by atoms with Gasteiger partial charge in [0.05, 0.1) is 11.5 Å². The van der Waals surface area contributed by atoms with E-state index in [0.29, 0.717) is 17.4 Å². The Kier molecular flexibility index (Phi) is 6.15. The van der Waals surface area contributed by atoms with Gasteiger partial charge in [0, 0.05) is 6.54 Å². The molecule has 0 aromatic heterocycles. The van der Waals surface area contributed by atoms with Crippen molar-refractivity contribution in [1.82, 2.24) is 4.90 Å². The van der Waals surface area contributed by atoms with Crippen LogP contribution in [-0.2, 0) is 9.84 Å². The summed E-state index contributed by atoms with van der Waals surface area (Å²) < 4.78 is 22.8. The lowest BCUT2D eigenvalue weighted by atomic mass is 10.1. The van der Waals surface area contributed by atoms with Gasteiger partial charge >= 0.3 is 0 Å². The van der Waals surface area contributed by atoms with Gasteiger partial charge in [-0.2, -0.15) is 12.6 Å². The Balaban J connectivity index is 2.28. The van der Waals surface area contributed by atoms with Crippen molar-refractivity contribution in [3.05, 3.63) is 0 Å². The van der Waals surface area contributed by atoms with Gasteiger partial charge in [-0.15, -0.1) is 0 Å². The first-order valence-corrected chi connectivity index (χ1v) is 8.52. The van der Waals surface area contributed by atoms with Gasteiger partial charge < -0.3 is 4.90 Å². The Morgan fingerprint density at radius 3 is 2.69 bits per heavy atom. The van der Waals surface area contributed by atoms with Crippen molar-refractivity contribution in [2.24, 2.45) is 5.92 Å². The van der Waals surface area contributed by atoms with Crippen molar-refractivity contribution in [2.75, 3.05) is 36.9 Å². The molecule has 0 bridgehead atoms. The maximum atomic E-state index is 11.4. The molecule has 16 heavy (non-hydrogen) atoms. The van der Waals surface area contributed by atoms with Crippen LogP contribution >= 0.6 is 12.6 Å². The first-order chi connectivity index (χ1) is 7.53. The van der Waals surface area contributed by atoms with Crippen molar-refractivity contribution < 1.29 is 8.42 Å². The zero-order valence-electron chi connectivity index (χ0n) is 10.1. The van der Waals surface area contributed by atoms with Crippen LogP contribution in [0.2, 0.25) is 0 Å². The van der Waals surface area contributed by atoms with Gasteiger partial charge in [0.15, 0.2) is 9.84 Å². The number of nitrogens with zero attached hydrogens (tertiary/aromatic N) is 1. The van der Waals surface area contributed by atoms with E-state index in [1.165, 1.54) is 0 Å². The highest BCUT2D eigenvalue weighted by Gasteiger charge is 2.18. The number of sulfone groups is 1. The maximum absolute atomic E-state index is 11.4. The smallest absolute Gasteiger partial charge is 0.151 e. The second-order valence-electron chi connectivity index (χ2n) is 4.75. The van der Waals surface area contributed by atoms with E-state index in [1.807, 2.05) is 0 Å². The molecule has 0 spiro atoms. The summed E-state index contributed by atoms with van der Waals surface area (Å²) in [5.41, 5.74) is 0. The molecule has 1 heterocycles. The SMILES string of the molecule is CC(CCS)CCN1CCCS(=O)(=O)CC1. The molecule has 1 fully saturated rings. The summed E-state index contributed by atoms with van der Waals surface area (Å²) in [6, 6.07) is 0. The lowest BCUT2D eigenvalue weighted by molar-refractivity contribution is 0.271. The molecule has 1 atom stereocenters. The Hall–Kier alpha value is 0.260. The van der Waals surface area contributed by atoms with Gasteiger partial charge in [0.25, 0.3) is 0 Å². The average molecular weight is 265 g/mol. The fraction of sp³-hybridized carbons (Fsp3) is 1.00. The lowest BCUT2D eigenvalue weighted by Crippen LogP contribution is -2.29. The van der Waals surface area contributed by atoms with E-state index in [9.17, 15) is 8.42 Å². The van der Waals surface area contributed by atoms with Crippen molar-refractivity contribution >= 4 is 22.5 Å². The average Bonchev–Trinajstić information content (AvgIpc) is 2.37. The molecule has 0 aliphatic carbocycles. The fourth-order valence-corrected chi connectivity index (χ4v) is 3.73. The van der Waals surface area contributed by atoms with Crippen LogP contribution in [0.5, 0.6) is 0 Å². The van der Waals surface area contributed by atoms with Crippen LogP contribution in [0.15, 0.2) is 0 Å². The molecule has 0 radical (unpaired) electrons. The summed E-state index contributed by atoms with van der Waals surface area (Å²) >= 11 is 4.23. The Bertz CT molecular complexity index is 290. The highest BCUT2D eigenvalue weighted by molar-refractivity contribution is 7.91. The molecule has 1 rings (SSSR count). The topological polar surface area (TPSA) is 37.4 Å². The second kappa shape index (κ2) is 6.87. The predicted molar refractivity (Wildman–Crippen MR) is 72.0 cm³/mol. The summed E-state index contributed by atoms with van der Waals surface area (Å²) in [6.07, 6.45) is 3.10. The van der Waals surface area contributed by atoms with Crippen LogP contribution < -0.4 is 0 Å². The molecule has 0 aromatic rings. The molecular weight excluding hydrogens is 242 g/mol. The van der Waals surface area contributed by atoms with Crippen LogP contribution in [0.3, 0.4) is 0 Å². The first-order valence-electron chi connectivity index (χ1n) is 6.07. The first kappa shape index (κ1) is 14.3. The molecule has 0 N–H and O–H groups in total. The molecule has 0 saturated carbocycles. The zero-order valence-corrected chi connectivity index (χ0v) is 11.8. The molecule has 1 aliphatic rings. The summed E-state index contributed by atoms with van der Waals surface area (Å²) in [6.45, 7) is 4.93. The molecule has 5 heteroatoms. The fourth-order valence-electron chi connectivity index (χ4n) is 1.98. The summed E-state index contributed by atoms with van der Waals surface area (Å²) in [5.74, 6) is 2.34. The molecule has 0 amide bonds. The minimum Gasteiger partial charge on any atom is -0.302 e. The van der Waals surface area contributed by atoms with E-state index in [4.69, 9.17) is 0 Å². The van der Waals surface area contributed by atoms with E-state index in [0.717, 1.165) is 44.6 Å². The Morgan fingerprint density at radius 1 is 1.25 bits per heavy atom. The highest BCUT2D eigenvalue weighted by Crippen LogP contribution is 2.11. The van der Waals surface area contributed by atoms with E-state index < -0.39 is 9.84 Å². The number of hydrogen-bond donors (Lipinski definition) is 1. The van der Waals surface area contributed by atoms with Crippen LogP contribution in [0.1, 0.15) is 26.2 Å². The van der Waals surface area contributed by atoms with E-state index in [1.54, 1.807) is 0 Å². The largest absolute Gasteiger partial charge is 0.302 e. The molecule has 1 unspecified atom stereocenters. The number of thiol groups is 1. The summed E-state index contributed by atoms with van der Waals surface area (Å²) in [4.78, 5) is 2.29. The lowest BCUT2D eigenvalue weighted by Gasteiger charge is -2.21. The van der Waals surface area contributed by atoms with Crippen molar-refractivity contribution in [3.8, 4) is 0 Å². The summed E-state index contributed by atoms with van der Waals surface area (Å²) in [7, 11) is -2.75. The van der Waals surface area contributed by atoms with Crippen LogP contribution in [0, 0.1) is 5.92 Å². The normalized spacial score (nSPS) is 23.9. The molecule has 1 saturated heterocycles. The Labute approximate surface area is 105 Å². The molecule has 0 aromatic carbocycles. The number of hydrogen-bond acceptors (Lipinski definition) is 4.